The van der Waals surface area contributed by atoms with Crippen molar-refractivity contribution in [3.63, 3.8) is 0 Å². The number of pyridine rings is 1. The molecule has 2 N–H and O–H groups in total. The van der Waals surface area contributed by atoms with E-state index in [0.29, 0.717) is 18.5 Å². The minimum Gasteiger partial charge on any atom is -0.481 e. The van der Waals surface area contributed by atoms with Gasteiger partial charge in [0.2, 0.25) is 0 Å². The number of hydrogen-bond donors (Lipinski definition) is 2. The van der Waals surface area contributed by atoms with Gasteiger partial charge in [-0.1, -0.05) is 31.0 Å². The van der Waals surface area contributed by atoms with Gasteiger partial charge in [-0.25, -0.2) is 0 Å². The lowest BCUT2D eigenvalue weighted by Gasteiger charge is -2.10. The van der Waals surface area contributed by atoms with Gasteiger partial charge in [-0.3, -0.25) is 14.4 Å². The summed E-state index contributed by atoms with van der Waals surface area (Å²) in [6, 6.07) is 8.68. The summed E-state index contributed by atoms with van der Waals surface area (Å²) in [4.78, 5) is 34.8. The van der Waals surface area contributed by atoms with E-state index in [1.54, 1.807) is 7.05 Å². The molecule has 1 heterocycles. The summed E-state index contributed by atoms with van der Waals surface area (Å²) in [6.45, 7) is 0.509. The lowest BCUT2D eigenvalue weighted by Crippen LogP contribution is -2.27. The van der Waals surface area contributed by atoms with Crippen LogP contribution in [-0.2, 0) is 11.8 Å². The van der Waals surface area contributed by atoms with Crippen LogP contribution in [0.2, 0.25) is 0 Å². The Morgan fingerprint density at radius 1 is 1.12 bits per heavy atom. The number of aliphatic carboxylic acids is 1. The molecule has 0 saturated carbocycles. The van der Waals surface area contributed by atoms with Crippen LogP contribution in [0.5, 0.6) is 0 Å². The summed E-state index contributed by atoms with van der Waals surface area (Å²) in [6.07, 6.45) is 3.32. The van der Waals surface area contributed by atoms with E-state index in [1.165, 1.54) is 10.6 Å². The highest BCUT2D eigenvalue weighted by atomic mass is 16.4. The first-order valence-corrected chi connectivity index (χ1v) is 8.09. The topological polar surface area (TPSA) is 88.4 Å². The molecule has 1 amide bonds. The van der Waals surface area contributed by atoms with Crippen molar-refractivity contribution in [2.24, 2.45) is 7.05 Å². The molecule has 6 nitrogen and oxygen atoms in total. The number of hydrogen-bond acceptors (Lipinski definition) is 3. The number of para-hydroxylation sites is 1. The maximum Gasteiger partial charge on any atom is 0.303 e. The third-order valence-corrected chi connectivity index (χ3v) is 4.00. The number of nitrogens with zero attached hydrogens (tertiary/aromatic N) is 1. The molecular weight excluding hydrogens is 308 g/mol. The zero-order valence-corrected chi connectivity index (χ0v) is 13.7. The number of carbonyl (C=O) groups is 2. The third kappa shape index (κ3) is 4.44. The quantitative estimate of drug-likeness (QED) is 0.727. The van der Waals surface area contributed by atoms with Gasteiger partial charge in [0.15, 0.2) is 0 Å². The maximum atomic E-state index is 12.4. The van der Waals surface area contributed by atoms with E-state index >= 15 is 0 Å². The Hall–Kier alpha value is -2.63. The van der Waals surface area contributed by atoms with E-state index in [2.05, 4.69) is 5.32 Å². The van der Waals surface area contributed by atoms with E-state index in [0.717, 1.165) is 30.2 Å². The number of carboxylic acids is 1. The van der Waals surface area contributed by atoms with Crippen LogP contribution >= 0.6 is 0 Å². The Kier molecular flexibility index (Phi) is 6.12. The summed E-state index contributed by atoms with van der Waals surface area (Å²) in [5.41, 5.74) is 0.899. The molecule has 0 bridgehead atoms. The van der Waals surface area contributed by atoms with E-state index in [9.17, 15) is 14.4 Å². The predicted molar refractivity (Wildman–Crippen MR) is 92.2 cm³/mol. The molecule has 0 aliphatic rings. The fourth-order valence-electron chi connectivity index (χ4n) is 2.65. The van der Waals surface area contributed by atoms with Gasteiger partial charge < -0.3 is 15.0 Å². The first-order chi connectivity index (χ1) is 11.5. The lowest BCUT2D eigenvalue weighted by molar-refractivity contribution is -0.137. The molecule has 0 radical (unpaired) electrons. The molecular formula is C18H22N2O4. The lowest BCUT2D eigenvalue weighted by atomic mass is 10.1. The van der Waals surface area contributed by atoms with Gasteiger partial charge in [-0.15, -0.1) is 0 Å². The first-order valence-electron chi connectivity index (χ1n) is 8.09. The van der Waals surface area contributed by atoms with Crippen LogP contribution in [0.1, 0.15) is 42.5 Å². The van der Waals surface area contributed by atoms with Crippen molar-refractivity contribution in [2.45, 2.75) is 32.1 Å². The van der Waals surface area contributed by atoms with Crippen LogP contribution in [-0.4, -0.2) is 28.1 Å². The number of benzene rings is 1. The summed E-state index contributed by atoms with van der Waals surface area (Å²) in [7, 11) is 1.68. The van der Waals surface area contributed by atoms with E-state index in [1.807, 2.05) is 24.3 Å². The van der Waals surface area contributed by atoms with Crippen LogP contribution in [0.4, 0.5) is 0 Å². The van der Waals surface area contributed by atoms with Gasteiger partial charge in [-0.2, -0.15) is 0 Å². The number of unbranched alkanes of at least 4 members (excludes halogenated alkanes) is 3. The smallest absolute Gasteiger partial charge is 0.303 e. The van der Waals surface area contributed by atoms with Crippen LogP contribution in [0, 0.1) is 0 Å². The van der Waals surface area contributed by atoms with Gasteiger partial charge in [0.25, 0.3) is 11.5 Å². The Bertz CT molecular complexity index is 795. The molecule has 0 aliphatic heterocycles. The molecule has 0 fully saturated rings. The summed E-state index contributed by atoms with van der Waals surface area (Å²) in [5.74, 6) is -1.03. The number of fused-ring (bicyclic) bond motifs is 1. The van der Waals surface area contributed by atoms with Crippen molar-refractivity contribution in [1.29, 1.82) is 0 Å². The fraction of sp³-hybridized carbons (Fsp3) is 0.389. The molecule has 0 unspecified atom stereocenters. The van der Waals surface area contributed by atoms with Crippen LogP contribution in [0.3, 0.4) is 0 Å². The largest absolute Gasteiger partial charge is 0.481 e. The SMILES string of the molecule is Cn1c(=O)cc(C(=O)NCCCCCCC(=O)O)c2ccccc21. The number of rotatable bonds is 8. The molecule has 0 saturated heterocycles. The highest BCUT2D eigenvalue weighted by Crippen LogP contribution is 2.16. The Labute approximate surface area is 140 Å². The normalized spacial score (nSPS) is 10.7. The molecule has 1 aromatic heterocycles. The second-order valence-electron chi connectivity index (χ2n) is 5.79. The molecule has 0 spiro atoms. The average molecular weight is 330 g/mol. The van der Waals surface area contributed by atoms with Gasteiger partial charge in [0.05, 0.1) is 11.1 Å². The standard InChI is InChI=1S/C18H22N2O4/c1-20-15-9-6-5-8-13(15)14(12-16(20)21)18(24)19-11-7-3-2-4-10-17(22)23/h5-6,8-9,12H,2-4,7,10-11H2,1H3,(H,19,24)(H,22,23). The third-order valence-electron chi connectivity index (χ3n) is 4.00. The van der Waals surface area contributed by atoms with Crippen LogP contribution < -0.4 is 10.9 Å². The van der Waals surface area contributed by atoms with Crippen molar-refractivity contribution >= 4 is 22.8 Å². The van der Waals surface area contributed by atoms with Crippen molar-refractivity contribution in [3.05, 3.63) is 46.2 Å². The Balaban J connectivity index is 1.94. The second kappa shape index (κ2) is 8.29. The minimum absolute atomic E-state index is 0.186. The van der Waals surface area contributed by atoms with Crippen LogP contribution in [0.15, 0.2) is 35.1 Å². The molecule has 2 rings (SSSR count). The minimum atomic E-state index is -0.777. The summed E-state index contributed by atoms with van der Waals surface area (Å²) < 4.78 is 1.52. The summed E-state index contributed by atoms with van der Waals surface area (Å²) >= 11 is 0. The number of carbonyl (C=O) groups excluding carboxylic acids is 1. The Morgan fingerprint density at radius 3 is 2.58 bits per heavy atom. The molecule has 1 aromatic carbocycles. The fourth-order valence-corrected chi connectivity index (χ4v) is 2.65. The van der Waals surface area contributed by atoms with Gasteiger partial charge in [-0.05, 0) is 18.9 Å². The molecule has 6 heteroatoms. The van der Waals surface area contributed by atoms with E-state index in [4.69, 9.17) is 5.11 Å². The molecule has 2 aromatic rings. The van der Waals surface area contributed by atoms with Crippen molar-refractivity contribution in [2.75, 3.05) is 6.54 Å². The van der Waals surface area contributed by atoms with Crippen molar-refractivity contribution < 1.29 is 14.7 Å². The number of carboxylic acid groups (broad SMARTS) is 1. The molecule has 24 heavy (non-hydrogen) atoms. The second-order valence-corrected chi connectivity index (χ2v) is 5.79. The van der Waals surface area contributed by atoms with Crippen molar-refractivity contribution in [1.82, 2.24) is 9.88 Å². The Morgan fingerprint density at radius 2 is 1.83 bits per heavy atom. The number of aromatic nitrogens is 1. The number of amides is 1. The predicted octanol–water partition coefficient (Wildman–Crippen LogP) is 2.30. The first kappa shape index (κ1) is 17.7. The highest BCUT2D eigenvalue weighted by molar-refractivity contribution is 6.06. The van der Waals surface area contributed by atoms with Crippen molar-refractivity contribution in [3.8, 4) is 0 Å². The maximum absolute atomic E-state index is 12.4. The van der Waals surface area contributed by atoms with E-state index < -0.39 is 5.97 Å². The zero-order chi connectivity index (χ0) is 17.5. The van der Waals surface area contributed by atoms with Gasteiger partial charge in [0.1, 0.15) is 0 Å². The van der Waals surface area contributed by atoms with E-state index in [-0.39, 0.29) is 17.9 Å². The monoisotopic (exact) mass is 330 g/mol. The van der Waals surface area contributed by atoms with Crippen LogP contribution in [0.25, 0.3) is 10.9 Å². The molecule has 128 valence electrons. The number of aryl methyl sites for hydroxylation is 1. The average Bonchev–Trinajstić information content (AvgIpc) is 2.56. The number of nitrogens with one attached hydrogen (secondary N) is 1. The summed E-state index contributed by atoms with van der Waals surface area (Å²) in [5, 5.41) is 12.1. The van der Waals surface area contributed by atoms with Gasteiger partial charge in [0, 0.05) is 31.5 Å². The zero-order valence-electron chi connectivity index (χ0n) is 13.7. The van der Waals surface area contributed by atoms with Gasteiger partial charge >= 0.3 is 5.97 Å². The molecule has 0 aliphatic carbocycles. The molecule has 0 atom stereocenters. The highest BCUT2D eigenvalue weighted by Gasteiger charge is 2.12.